The number of oxime groups is 1. The average molecular weight is 1020 g/mol. The van der Waals surface area contributed by atoms with Gasteiger partial charge in [0, 0.05) is 43.9 Å². The molecule has 3 saturated heterocycles. The number of nitrogens with zero attached hydrogens (tertiary/aromatic N) is 2. The summed E-state index contributed by atoms with van der Waals surface area (Å²) in [5, 5.41) is 45.0. The first kappa shape index (κ1) is 61.1. The van der Waals surface area contributed by atoms with Crippen LogP contribution >= 0.6 is 0 Å². The summed E-state index contributed by atoms with van der Waals surface area (Å²) in [7, 11) is 5.26. The predicted octanol–water partition coefficient (Wildman–Crippen LogP) is 7.78. The molecular weight excluding hydrogens is 931 g/mol. The summed E-state index contributed by atoms with van der Waals surface area (Å²) in [6, 6.07) is 8.49. The number of amides is 1. The fraction of sp³-hybridized carbons (Fsp3) is 0.815. The largest absolute Gasteiger partial charge is 0.459 e. The smallest absolute Gasteiger partial charge is 0.412 e. The number of anilines is 1. The van der Waals surface area contributed by atoms with Crippen LogP contribution in [-0.4, -0.2) is 156 Å². The first-order valence-electron chi connectivity index (χ1n) is 26.4. The molecule has 4 rings (SSSR count). The van der Waals surface area contributed by atoms with Crippen molar-refractivity contribution in [1.82, 2.24) is 4.90 Å². The van der Waals surface area contributed by atoms with E-state index in [2.05, 4.69) is 17.4 Å². The molecule has 1 aromatic rings. The van der Waals surface area contributed by atoms with Gasteiger partial charge >= 0.3 is 18.0 Å². The van der Waals surface area contributed by atoms with Crippen LogP contribution in [0.3, 0.4) is 0 Å². The number of carbonyl (C=O) groups is 3. The molecule has 1 amide bonds. The number of rotatable bonds is 18. The maximum Gasteiger partial charge on any atom is 0.412 e. The number of benzene rings is 1. The Bertz CT molecular complexity index is 1870. The first-order valence-corrected chi connectivity index (χ1v) is 26.4. The van der Waals surface area contributed by atoms with Crippen molar-refractivity contribution >= 4 is 29.4 Å². The predicted molar refractivity (Wildman–Crippen MR) is 272 cm³/mol. The third kappa shape index (κ3) is 16.0. The van der Waals surface area contributed by atoms with Crippen molar-refractivity contribution in [3.63, 3.8) is 0 Å². The zero-order valence-corrected chi connectivity index (χ0v) is 46.0. The van der Waals surface area contributed by atoms with E-state index in [1.165, 1.54) is 21.0 Å². The molecule has 0 unspecified atom stereocenters. The van der Waals surface area contributed by atoms with E-state index in [0.717, 1.165) is 38.5 Å². The van der Waals surface area contributed by atoms with Crippen molar-refractivity contribution < 1.29 is 72.4 Å². The van der Waals surface area contributed by atoms with E-state index in [0.29, 0.717) is 24.4 Å². The van der Waals surface area contributed by atoms with E-state index in [-0.39, 0.29) is 19.3 Å². The molecule has 0 aliphatic carbocycles. The number of carbonyl (C=O) groups excluding carboxylic acids is 3. The van der Waals surface area contributed by atoms with Gasteiger partial charge in [0.05, 0.1) is 53.8 Å². The number of aliphatic hydroxyl groups excluding tert-OH is 1. The number of hydrogen-bond donors (Lipinski definition) is 4. The number of likely N-dealkylation sites (N-methyl/N-ethyl adjacent to an activating group) is 1. The molecule has 3 aliphatic rings. The van der Waals surface area contributed by atoms with E-state index in [1.807, 2.05) is 38.9 Å². The third-order valence-corrected chi connectivity index (χ3v) is 15.1. The van der Waals surface area contributed by atoms with Crippen LogP contribution in [0.25, 0.3) is 0 Å². The van der Waals surface area contributed by atoms with Crippen LogP contribution in [0, 0.1) is 23.7 Å². The van der Waals surface area contributed by atoms with Crippen LogP contribution in [0.5, 0.6) is 0 Å². The lowest BCUT2D eigenvalue weighted by molar-refractivity contribution is -0.318. The van der Waals surface area contributed by atoms with Gasteiger partial charge in [-0.05, 0) is 99.9 Å². The highest BCUT2D eigenvalue weighted by atomic mass is 16.7. The lowest BCUT2D eigenvalue weighted by Gasteiger charge is -2.49. The summed E-state index contributed by atoms with van der Waals surface area (Å²) >= 11 is 0. The maximum absolute atomic E-state index is 14.7. The minimum atomic E-state index is -1.97. The van der Waals surface area contributed by atoms with Gasteiger partial charge in [0.1, 0.15) is 23.9 Å². The van der Waals surface area contributed by atoms with Crippen LogP contribution in [0.2, 0.25) is 0 Å². The van der Waals surface area contributed by atoms with Gasteiger partial charge in [-0.2, -0.15) is 0 Å². The van der Waals surface area contributed by atoms with Crippen molar-refractivity contribution in [2.45, 2.75) is 232 Å². The normalized spacial score (nSPS) is 38.9. The van der Waals surface area contributed by atoms with Gasteiger partial charge in [-0.3, -0.25) is 14.9 Å². The Kier molecular flexibility index (Phi) is 23.2. The number of nitrogens with one attached hydrogen (secondary N) is 1. The zero-order valence-electron chi connectivity index (χ0n) is 46.0. The number of hydrogen-bond acceptors (Lipinski definition) is 17. The molecular formula is C54H91N3O15. The van der Waals surface area contributed by atoms with Crippen LogP contribution in [0.4, 0.5) is 10.5 Å². The van der Waals surface area contributed by atoms with Gasteiger partial charge in [0.25, 0.3) is 0 Å². The summed E-state index contributed by atoms with van der Waals surface area (Å²) in [4.78, 5) is 48.7. The van der Waals surface area contributed by atoms with Gasteiger partial charge in [-0.1, -0.05) is 83.7 Å². The van der Waals surface area contributed by atoms with E-state index >= 15 is 0 Å². The summed E-state index contributed by atoms with van der Waals surface area (Å²) in [5.41, 5.74) is -4.00. The summed E-state index contributed by atoms with van der Waals surface area (Å²) in [5.74, 6) is -4.78. The first-order chi connectivity index (χ1) is 33.8. The second-order valence-corrected chi connectivity index (χ2v) is 21.6. The summed E-state index contributed by atoms with van der Waals surface area (Å²) in [6.07, 6.45) is -4.28. The van der Waals surface area contributed by atoms with Crippen LogP contribution in [0.1, 0.15) is 147 Å². The zero-order chi connectivity index (χ0) is 53.7. The molecule has 18 nitrogen and oxygen atoms in total. The van der Waals surface area contributed by atoms with Crippen LogP contribution in [-0.2, 0) is 52.3 Å². The highest BCUT2D eigenvalue weighted by molar-refractivity contribution is 5.89. The van der Waals surface area contributed by atoms with Crippen molar-refractivity contribution in [2.24, 2.45) is 28.8 Å². The van der Waals surface area contributed by atoms with Crippen molar-refractivity contribution in [1.29, 1.82) is 0 Å². The minimum Gasteiger partial charge on any atom is -0.459 e. The number of methoxy groups -OCH3 is 1. The van der Waals surface area contributed by atoms with E-state index < -0.39 is 126 Å². The van der Waals surface area contributed by atoms with Crippen molar-refractivity contribution in [2.75, 3.05) is 33.1 Å². The quantitative estimate of drug-likeness (QED) is 0.0477. The minimum absolute atomic E-state index is 0.0364. The number of unbranched alkanes of at least 4 members (excludes halogenated alkanes) is 5. The third-order valence-electron chi connectivity index (χ3n) is 15.1. The number of esters is 2. The Morgan fingerprint density at radius 3 is 2.12 bits per heavy atom. The lowest BCUT2D eigenvalue weighted by Crippen LogP contribution is -2.62. The summed E-state index contributed by atoms with van der Waals surface area (Å²) < 4.78 is 51.2. The Balaban J connectivity index is 1.89. The van der Waals surface area contributed by atoms with Crippen LogP contribution in [0.15, 0.2) is 35.5 Å². The highest BCUT2D eigenvalue weighted by Crippen LogP contribution is 2.42. The Morgan fingerprint density at radius 2 is 1.51 bits per heavy atom. The van der Waals surface area contributed by atoms with Gasteiger partial charge < -0.3 is 63.0 Å². The van der Waals surface area contributed by atoms with Gasteiger partial charge in [-0.15, -0.1) is 0 Å². The molecule has 72 heavy (non-hydrogen) atoms. The highest BCUT2D eigenvalue weighted by Gasteiger charge is 2.54. The molecule has 18 atom stereocenters. The monoisotopic (exact) mass is 1020 g/mol. The van der Waals surface area contributed by atoms with E-state index in [1.54, 1.807) is 72.7 Å². The Hall–Kier alpha value is -3.46. The number of ether oxygens (including phenoxy) is 8. The van der Waals surface area contributed by atoms with Gasteiger partial charge in [0.2, 0.25) is 0 Å². The molecule has 412 valence electrons. The second-order valence-electron chi connectivity index (χ2n) is 21.6. The van der Waals surface area contributed by atoms with E-state index in [4.69, 9.17) is 42.7 Å². The fourth-order valence-electron chi connectivity index (χ4n) is 11.0. The van der Waals surface area contributed by atoms with Gasteiger partial charge in [-0.25, -0.2) is 4.79 Å². The molecule has 18 heteroatoms. The Labute approximate surface area is 429 Å². The van der Waals surface area contributed by atoms with E-state index in [9.17, 15) is 29.7 Å². The standard InChI is InChI=1S/C54H91N3O15/c1-16-18-19-20-21-25-28-65-56-43-32(3)30-52(10,62)47(72-50-45(40(57(13)14)29-33(4)66-50)71-51(61)55-39-26-23-22-24-27-39)35(6)44(36(7)49(60)69-41(17-2)54(12,63)46(59)34(43)5)70-42-31-53(11,64-15)48(37(8)67-42)68-38(9)58/h22-24,26-27,32-37,40-42,44-48,50,59,62-63H,16-21,25,28-31H2,1-15H3,(H,55,61)/b56-43+/t32-,33-,34+,35+,36-,37+,40+,41-,42+,44-,45-,46-,47-,48+,50+,52+,53-,54-/m1/s1. The molecule has 0 radical (unpaired) electrons. The molecule has 0 spiro atoms. The number of aliphatic hydroxyl groups is 3. The molecule has 0 aromatic heterocycles. The Morgan fingerprint density at radius 1 is 0.861 bits per heavy atom. The molecule has 3 aliphatic heterocycles. The van der Waals surface area contributed by atoms with Crippen LogP contribution < -0.4 is 5.32 Å². The summed E-state index contributed by atoms with van der Waals surface area (Å²) in [6.45, 7) is 21.0. The second kappa shape index (κ2) is 27.4. The van der Waals surface area contributed by atoms with Gasteiger partial charge in [0.15, 0.2) is 24.8 Å². The average Bonchev–Trinajstić information content (AvgIpc) is 3.31. The van der Waals surface area contributed by atoms with Crippen molar-refractivity contribution in [3.8, 4) is 0 Å². The molecule has 4 N–H and O–H groups in total. The maximum atomic E-state index is 14.7. The van der Waals surface area contributed by atoms with Crippen molar-refractivity contribution in [3.05, 3.63) is 30.3 Å². The fourth-order valence-corrected chi connectivity index (χ4v) is 11.0. The SMILES string of the molecule is CCCCCCCCO/N=C1\[C@H](C)C[C@](C)(O)[C@H](O[C@@H]2O[C@H](C)C[C@H](N(C)C)[C@H]2OC(=O)Nc2ccccc2)[C@@H](C)[C@@H](O[C@H]2C[C@@](C)(OC)[C@@H](OC(C)=O)[C@H](C)O2)[C@@H](C)C(=O)O[C@H](CC)[C@@](C)(O)[C@H](O)[C@H]1C. The topological polar surface area (TPSA) is 223 Å². The molecule has 1 aromatic carbocycles. The lowest BCUT2D eigenvalue weighted by atomic mass is 9.73. The molecule has 3 heterocycles. The number of cyclic esters (lactones) is 1. The molecule has 0 bridgehead atoms. The number of para-hydroxylation sites is 1. The molecule has 0 saturated carbocycles. The molecule has 3 fully saturated rings.